The standard InChI is InChI=1S/C16H18N2OS/c1-2-11-7-8-13-14(9-11)20-16(17-13)18-15(19)10-12-5-3-4-6-12/h3,5,7-9,12H,2,4,6,10H2,1H3,(H,17,18,19)/t12-/m0/s1. The van der Waals surface area contributed by atoms with E-state index in [2.05, 4.69) is 41.5 Å². The van der Waals surface area contributed by atoms with Crippen molar-refractivity contribution in [1.29, 1.82) is 0 Å². The molecule has 0 aliphatic heterocycles. The molecule has 0 saturated heterocycles. The number of nitrogens with one attached hydrogen (secondary N) is 1. The number of rotatable bonds is 4. The predicted octanol–water partition coefficient (Wildman–Crippen LogP) is 4.15. The van der Waals surface area contributed by atoms with Crippen molar-refractivity contribution >= 4 is 32.6 Å². The Bertz CT molecular complexity index is 660. The molecule has 3 nitrogen and oxygen atoms in total. The van der Waals surface area contributed by atoms with Crippen molar-refractivity contribution < 1.29 is 4.79 Å². The first kappa shape index (κ1) is 13.3. The zero-order chi connectivity index (χ0) is 13.9. The molecule has 0 bridgehead atoms. The summed E-state index contributed by atoms with van der Waals surface area (Å²) in [6.45, 7) is 2.14. The van der Waals surface area contributed by atoms with Crippen LogP contribution in [0.2, 0.25) is 0 Å². The van der Waals surface area contributed by atoms with Crippen LogP contribution in [0.3, 0.4) is 0 Å². The molecule has 0 unspecified atom stereocenters. The number of carbonyl (C=O) groups is 1. The molecule has 1 aliphatic rings. The number of anilines is 1. The van der Waals surface area contributed by atoms with E-state index in [1.54, 1.807) is 11.3 Å². The van der Waals surface area contributed by atoms with Crippen molar-refractivity contribution in [2.24, 2.45) is 5.92 Å². The summed E-state index contributed by atoms with van der Waals surface area (Å²) in [4.78, 5) is 16.5. The Morgan fingerprint density at radius 2 is 2.40 bits per heavy atom. The van der Waals surface area contributed by atoms with Crippen LogP contribution >= 0.6 is 11.3 Å². The molecule has 104 valence electrons. The lowest BCUT2D eigenvalue weighted by Gasteiger charge is -2.06. The fraction of sp³-hybridized carbons (Fsp3) is 0.375. The van der Waals surface area contributed by atoms with Gasteiger partial charge in [0.1, 0.15) is 0 Å². The predicted molar refractivity (Wildman–Crippen MR) is 84.1 cm³/mol. The Hall–Kier alpha value is -1.68. The maximum atomic E-state index is 12.0. The number of fused-ring (bicyclic) bond motifs is 1. The fourth-order valence-corrected chi connectivity index (χ4v) is 3.46. The molecule has 0 fully saturated rings. The molecule has 20 heavy (non-hydrogen) atoms. The van der Waals surface area contributed by atoms with E-state index in [1.807, 2.05) is 6.07 Å². The first-order valence-corrected chi connectivity index (χ1v) is 7.92. The largest absolute Gasteiger partial charge is 0.302 e. The van der Waals surface area contributed by atoms with Gasteiger partial charge in [-0.05, 0) is 42.9 Å². The molecular formula is C16H18N2OS. The number of hydrogen-bond acceptors (Lipinski definition) is 3. The Kier molecular flexibility index (Phi) is 3.83. The number of nitrogens with zero attached hydrogens (tertiary/aromatic N) is 1. The molecule has 2 aromatic rings. The first-order chi connectivity index (χ1) is 9.74. The lowest BCUT2D eigenvalue weighted by atomic mass is 10.1. The van der Waals surface area contributed by atoms with Gasteiger partial charge < -0.3 is 5.32 Å². The van der Waals surface area contributed by atoms with Gasteiger partial charge in [-0.25, -0.2) is 4.98 Å². The van der Waals surface area contributed by atoms with Crippen LogP contribution in [-0.2, 0) is 11.2 Å². The Morgan fingerprint density at radius 1 is 1.50 bits per heavy atom. The first-order valence-electron chi connectivity index (χ1n) is 7.10. The van der Waals surface area contributed by atoms with Crippen molar-refractivity contribution in [3.05, 3.63) is 35.9 Å². The van der Waals surface area contributed by atoms with Crippen molar-refractivity contribution in [1.82, 2.24) is 4.98 Å². The van der Waals surface area contributed by atoms with Crippen molar-refractivity contribution in [2.45, 2.75) is 32.6 Å². The lowest BCUT2D eigenvalue weighted by Crippen LogP contribution is -2.14. The van der Waals surface area contributed by atoms with Gasteiger partial charge in [-0.1, -0.05) is 36.5 Å². The zero-order valence-corrected chi connectivity index (χ0v) is 12.4. The average molecular weight is 286 g/mol. The van der Waals surface area contributed by atoms with Gasteiger partial charge in [0, 0.05) is 6.42 Å². The Morgan fingerprint density at radius 3 is 3.15 bits per heavy atom. The molecule has 4 heteroatoms. The topological polar surface area (TPSA) is 42.0 Å². The van der Waals surface area contributed by atoms with Crippen molar-refractivity contribution in [2.75, 3.05) is 5.32 Å². The van der Waals surface area contributed by atoms with Crippen LogP contribution in [0, 0.1) is 5.92 Å². The second kappa shape index (κ2) is 5.75. The third-order valence-electron chi connectivity index (χ3n) is 3.67. The fourth-order valence-electron chi connectivity index (χ4n) is 2.52. The number of benzene rings is 1. The third-order valence-corrected chi connectivity index (χ3v) is 4.60. The second-order valence-corrected chi connectivity index (χ2v) is 6.22. The quantitative estimate of drug-likeness (QED) is 0.858. The molecule has 0 saturated carbocycles. The Labute approximate surface area is 122 Å². The van der Waals surface area contributed by atoms with E-state index in [4.69, 9.17) is 0 Å². The number of amides is 1. The molecule has 1 heterocycles. The van der Waals surface area contributed by atoms with E-state index in [0.717, 1.165) is 29.5 Å². The highest BCUT2D eigenvalue weighted by Gasteiger charge is 2.15. The summed E-state index contributed by atoms with van der Waals surface area (Å²) in [7, 11) is 0. The highest BCUT2D eigenvalue weighted by molar-refractivity contribution is 7.22. The van der Waals surface area contributed by atoms with E-state index in [-0.39, 0.29) is 5.91 Å². The number of allylic oxidation sites excluding steroid dienone is 2. The van der Waals surface area contributed by atoms with Gasteiger partial charge in [0.05, 0.1) is 10.2 Å². The summed E-state index contributed by atoms with van der Waals surface area (Å²) in [6, 6.07) is 6.28. The average Bonchev–Trinajstić information content (AvgIpc) is 3.06. The van der Waals surface area contributed by atoms with Crippen LogP contribution in [0.1, 0.15) is 31.7 Å². The van der Waals surface area contributed by atoms with Crippen LogP contribution in [0.5, 0.6) is 0 Å². The molecule has 1 aromatic heterocycles. The smallest absolute Gasteiger partial charge is 0.226 e. The van der Waals surface area contributed by atoms with Crippen LogP contribution in [-0.4, -0.2) is 10.9 Å². The summed E-state index contributed by atoms with van der Waals surface area (Å²) in [5.41, 5.74) is 2.26. The number of carbonyl (C=O) groups excluding carboxylic acids is 1. The summed E-state index contributed by atoms with van der Waals surface area (Å²) in [5.74, 6) is 0.465. The van der Waals surface area contributed by atoms with Crippen LogP contribution in [0.4, 0.5) is 5.13 Å². The maximum absolute atomic E-state index is 12.0. The van der Waals surface area contributed by atoms with Crippen molar-refractivity contribution in [3.63, 3.8) is 0 Å². The third kappa shape index (κ3) is 2.90. The number of aryl methyl sites for hydroxylation is 1. The minimum atomic E-state index is 0.0660. The highest BCUT2D eigenvalue weighted by Crippen LogP contribution is 2.28. The lowest BCUT2D eigenvalue weighted by molar-refractivity contribution is -0.116. The second-order valence-electron chi connectivity index (χ2n) is 5.19. The maximum Gasteiger partial charge on any atom is 0.226 e. The van der Waals surface area contributed by atoms with Gasteiger partial charge >= 0.3 is 0 Å². The molecule has 3 rings (SSSR count). The molecule has 0 radical (unpaired) electrons. The molecule has 0 spiro atoms. The van der Waals surface area contributed by atoms with Crippen LogP contribution < -0.4 is 5.32 Å². The monoisotopic (exact) mass is 286 g/mol. The molecule has 1 aromatic carbocycles. The van der Waals surface area contributed by atoms with E-state index < -0.39 is 0 Å². The van der Waals surface area contributed by atoms with Gasteiger partial charge in [0.2, 0.25) is 5.91 Å². The van der Waals surface area contributed by atoms with Gasteiger partial charge in [-0.3, -0.25) is 4.79 Å². The van der Waals surface area contributed by atoms with E-state index in [9.17, 15) is 4.79 Å². The van der Waals surface area contributed by atoms with Crippen LogP contribution in [0.15, 0.2) is 30.4 Å². The molecule has 1 N–H and O–H groups in total. The summed E-state index contributed by atoms with van der Waals surface area (Å²) in [6.07, 6.45) is 8.07. The Balaban J connectivity index is 1.70. The van der Waals surface area contributed by atoms with Crippen LogP contribution in [0.25, 0.3) is 10.2 Å². The summed E-state index contributed by atoms with van der Waals surface area (Å²) >= 11 is 1.55. The number of thiazole rings is 1. The molecule has 1 aliphatic carbocycles. The zero-order valence-electron chi connectivity index (χ0n) is 11.6. The van der Waals surface area contributed by atoms with E-state index in [0.29, 0.717) is 17.5 Å². The normalized spacial score (nSPS) is 17.8. The SMILES string of the molecule is CCc1ccc2nc(NC(=O)C[C@H]3C=CCC3)sc2c1. The molecular weight excluding hydrogens is 268 g/mol. The van der Waals surface area contributed by atoms with E-state index in [1.165, 1.54) is 5.56 Å². The van der Waals surface area contributed by atoms with Gasteiger partial charge in [-0.2, -0.15) is 0 Å². The van der Waals surface area contributed by atoms with Gasteiger partial charge in [-0.15, -0.1) is 0 Å². The van der Waals surface area contributed by atoms with Gasteiger partial charge in [0.15, 0.2) is 5.13 Å². The van der Waals surface area contributed by atoms with Gasteiger partial charge in [0.25, 0.3) is 0 Å². The molecule has 1 amide bonds. The molecule has 1 atom stereocenters. The van der Waals surface area contributed by atoms with E-state index >= 15 is 0 Å². The minimum Gasteiger partial charge on any atom is -0.302 e. The minimum absolute atomic E-state index is 0.0660. The van der Waals surface area contributed by atoms with Crippen molar-refractivity contribution in [3.8, 4) is 0 Å². The number of hydrogen-bond donors (Lipinski definition) is 1. The summed E-state index contributed by atoms with van der Waals surface area (Å²) in [5, 5.41) is 3.64. The summed E-state index contributed by atoms with van der Waals surface area (Å²) < 4.78 is 1.14. The highest BCUT2D eigenvalue weighted by atomic mass is 32.1. The number of aromatic nitrogens is 1.